The zero-order chi connectivity index (χ0) is 17.0. The summed E-state index contributed by atoms with van der Waals surface area (Å²) in [5.41, 5.74) is 2.24. The van der Waals surface area contributed by atoms with Gasteiger partial charge in [0.2, 0.25) is 0 Å². The maximum absolute atomic E-state index is 12.2. The lowest BCUT2D eigenvalue weighted by molar-refractivity contribution is -0.122. The lowest BCUT2D eigenvalue weighted by Crippen LogP contribution is -2.48. The van der Waals surface area contributed by atoms with E-state index in [9.17, 15) is 4.79 Å². The van der Waals surface area contributed by atoms with Crippen LogP contribution in [0.15, 0.2) is 30.0 Å². The topological polar surface area (TPSA) is 29.5 Å². The first kappa shape index (κ1) is 17.6. The number of hydrogen-bond donors (Lipinski definition) is 0. The molecule has 1 heterocycles. The number of rotatable bonds is 6. The minimum atomic E-state index is -0.164. The Bertz CT molecular complexity index is 610. The molecular formula is C18H25N2O2S+. The number of benzene rings is 1. The van der Waals surface area contributed by atoms with Gasteiger partial charge < -0.3 is 4.74 Å². The van der Waals surface area contributed by atoms with Gasteiger partial charge in [-0.15, -0.1) is 0 Å². The summed E-state index contributed by atoms with van der Waals surface area (Å²) < 4.78 is 6.37. The molecule has 0 aromatic heterocycles. The van der Waals surface area contributed by atoms with E-state index in [0.717, 1.165) is 29.7 Å². The van der Waals surface area contributed by atoms with Gasteiger partial charge in [0.25, 0.3) is 11.1 Å². The van der Waals surface area contributed by atoms with Gasteiger partial charge in [-0.3, -0.25) is 14.2 Å². The molecular weight excluding hydrogens is 308 g/mol. The fourth-order valence-corrected chi connectivity index (χ4v) is 3.33. The number of amides is 1. The van der Waals surface area contributed by atoms with E-state index in [1.807, 2.05) is 19.1 Å². The minimum absolute atomic E-state index is 0.164. The van der Waals surface area contributed by atoms with E-state index < -0.39 is 0 Å². The summed E-state index contributed by atoms with van der Waals surface area (Å²) in [5.74, 6) is 0.134. The van der Waals surface area contributed by atoms with Gasteiger partial charge in [0.05, 0.1) is 19.6 Å². The van der Waals surface area contributed by atoms with Crippen molar-refractivity contribution in [2.24, 2.45) is 0 Å². The highest BCUT2D eigenvalue weighted by Crippen LogP contribution is 2.25. The first-order valence-corrected chi connectivity index (χ1v) is 8.64. The van der Waals surface area contributed by atoms with E-state index >= 15 is 0 Å². The molecule has 0 atom stereocenters. The smallest absolute Gasteiger partial charge is 0.297 e. The second kappa shape index (κ2) is 7.23. The van der Waals surface area contributed by atoms with Crippen LogP contribution in [0.2, 0.25) is 0 Å². The first-order chi connectivity index (χ1) is 11.0. The number of likely N-dealkylation sites (N-methyl/N-ethyl adjacent to an activating group) is 1. The van der Waals surface area contributed by atoms with E-state index in [0.29, 0.717) is 12.3 Å². The largest absolute Gasteiger partial charge is 0.426 e. The molecule has 23 heavy (non-hydrogen) atoms. The Morgan fingerprint density at radius 2 is 1.65 bits per heavy atom. The van der Waals surface area contributed by atoms with Crippen molar-refractivity contribution >= 4 is 35.1 Å². The highest BCUT2D eigenvalue weighted by molar-refractivity contribution is 7.80. The summed E-state index contributed by atoms with van der Waals surface area (Å²) in [4.78, 5) is 13.6. The Morgan fingerprint density at radius 3 is 2.09 bits per heavy atom. The number of nitrogens with zero attached hydrogens (tertiary/aromatic N) is 2. The van der Waals surface area contributed by atoms with Gasteiger partial charge in [0.1, 0.15) is 5.69 Å². The number of thiocarbonyl (C=S) groups is 1. The van der Waals surface area contributed by atoms with E-state index in [1.54, 1.807) is 6.08 Å². The molecule has 0 saturated carbocycles. The molecule has 1 saturated heterocycles. The van der Waals surface area contributed by atoms with Crippen LogP contribution in [0.5, 0.6) is 0 Å². The number of carbonyl (C=O) groups is 1. The molecule has 2 rings (SSSR count). The molecule has 1 aromatic carbocycles. The lowest BCUT2D eigenvalue weighted by atomic mass is 10.1. The molecule has 0 bridgehead atoms. The summed E-state index contributed by atoms with van der Waals surface area (Å²) in [6.07, 6.45) is 1.76. The molecule has 1 fully saturated rings. The summed E-state index contributed by atoms with van der Waals surface area (Å²) in [6.45, 7) is 12.2. The van der Waals surface area contributed by atoms with Crippen LogP contribution in [-0.4, -0.2) is 42.2 Å². The summed E-state index contributed by atoms with van der Waals surface area (Å²) in [5, 5.41) is 0.235. The lowest BCUT2D eigenvalue weighted by Gasteiger charge is -2.35. The molecule has 0 radical (unpaired) electrons. The average Bonchev–Trinajstić information content (AvgIpc) is 2.84. The van der Waals surface area contributed by atoms with Gasteiger partial charge in [-0.05, 0) is 75.8 Å². The molecule has 1 amide bonds. The van der Waals surface area contributed by atoms with Gasteiger partial charge >= 0.3 is 0 Å². The molecule has 0 unspecified atom stereocenters. The molecule has 124 valence electrons. The summed E-state index contributed by atoms with van der Waals surface area (Å²) in [6, 6.07) is 8.34. The van der Waals surface area contributed by atoms with Crippen LogP contribution in [0.3, 0.4) is 0 Å². The van der Waals surface area contributed by atoms with Crippen molar-refractivity contribution in [1.82, 2.24) is 9.38 Å². The Labute approximate surface area is 143 Å². The van der Waals surface area contributed by atoms with Crippen molar-refractivity contribution in [3.05, 3.63) is 35.6 Å². The third kappa shape index (κ3) is 3.31. The monoisotopic (exact) mass is 333 g/mol. The first-order valence-electron chi connectivity index (χ1n) is 8.23. The van der Waals surface area contributed by atoms with Crippen LogP contribution >= 0.6 is 12.2 Å². The SMILES string of the molecule is CCN1C(=O)/C(=C\c2ccc([N+](CC)(CC)CC)cc2)OC1=S. The fourth-order valence-electron chi connectivity index (χ4n) is 3.03. The molecule has 1 aromatic rings. The van der Waals surface area contributed by atoms with Gasteiger partial charge in [-0.2, -0.15) is 0 Å². The second-order valence-corrected chi connectivity index (χ2v) is 5.96. The van der Waals surface area contributed by atoms with Gasteiger partial charge in [0, 0.05) is 6.54 Å². The van der Waals surface area contributed by atoms with Gasteiger partial charge in [-0.25, -0.2) is 0 Å². The average molecular weight is 333 g/mol. The van der Waals surface area contributed by atoms with Crippen LogP contribution in [-0.2, 0) is 9.53 Å². The Morgan fingerprint density at radius 1 is 1.09 bits per heavy atom. The van der Waals surface area contributed by atoms with Gasteiger partial charge in [0.15, 0.2) is 5.76 Å². The second-order valence-electron chi connectivity index (χ2n) is 5.61. The van der Waals surface area contributed by atoms with Crippen molar-refractivity contribution in [2.45, 2.75) is 27.7 Å². The predicted molar refractivity (Wildman–Crippen MR) is 98.9 cm³/mol. The molecule has 1 aliphatic rings. The third-order valence-corrected chi connectivity index (χ3v) is 5.05. The molecule has 4 nitrogen and oxygen atoms in total. The number of ether oxygens (including phenoxy) is 1. The number of quaternary nitrogens is 1. The normalized spacial score (nSPS) is 17.0. The highest BCUT2D eigenvalue weighted by Gasteiger charge is 2.32. The Hall–Kier alpha value is -1.72. The van der Waals surface area contributed by atoms with E-state index in [2.05, 4.69) is 32.9 Å². The van der Waals surface area contributed by atoms with Crippen molar-refractivity contribution in [3.63, 3.8) is 0 Å². The van der Waals surface area contributed by atoms with Crippen LogP contribution in [0.4, 0.5) is 5.69 Å². The van der Waals surface area contributed by atoms with E-state index in [4.69, 9.17) is 17.0 Å². The molecule has 5 heteroatoms. The summed E-state index contributed by atoms with van der Waals surface area (Å²) in [7, 11) is 0. The van der Waals surface area contributed by atoms with E-state index in [-0.39, 0.29) is 11.1 Å². The molecule has 0 spiro atoms. The maximum Gasteiger partial charge on any atom is 0.297 e. The van der Waals surface area contributed by atoms with Crippen LogP contribution in [0.25, 0.3) is 6.08 Å². The van der Waals surface area contributed by atoms with Crippen molar-refractivity contribution in [1.29, 1.82) is 0 Å². The van der Waals surface area contributed by atoms with Crippen LogP contribution in [0.1, 0.15) is 33.3 Å². The predicted octanol–water partition coefficient (Wildman–Crippen LogP) is 3.56. The standard InChI is InChI=1S/C18H25N2O2S/c1-5-19-17(21)16(22-18(19)23)13-14-9-11-15(12-10-14)20(6-2,7-3)8-4/h9-13H,5-8H2,1-4H3/q+1/b16-13+. The van der Waals surface area contributed by atoms with E-state index in [1.165, 1.54) is 10.6 Å². The fraction of sp³-hybridized carbons (Fsp3) is 0.444. The van der Waals surface area contributed by atoms with Crippen LogP contribution in [0, 0.1) is 0 Å². The quantitative estimate of drug-likeness (QED) is 0.453. The third-order valence-electron chi connectivity index (χ3n) is 4.74. The molecule has 1 aliphatic heterocycles. The number of hydrogen-bond acceptors (Lipinski definition) is 3. The van der Waals surface area contributed by atoms with Crippen molar-refractivity contribution in [2.75, 3.05) is 26.2 Å². The minimum Gasteiger partial charge on any atom is -0.426 e. The highest BCUT2D eigenvalue weighted by atomic mass is 32.1. The molecule has 0 aliphatic carbocycles. The zero-order valence-electron chi connectivity index (χ0n) is 14.3. The van der Waals surface area contributed by atoms with Crippen molar-refractivity contribution < 1.29 is 9.53 Å². The summed E-state index contributed by atoms with van der Waals surface area (Å²) >= 11 is 5.07. The van der Waals surface area contributed by atoms with Crippen molar-refractivity contribution in [3.8, 4) is 0 Å². The van der Waals surface area contributed by atoms with Gasteiger partial charge in [-0.1, -0.05) is 0 Å². The Kier molecular flexibility index (Phi) is 5.55. The number of carbonyl (C=O) groups excluding carboxylic acids is 1. The molecule has 0 N–H and O–H groups in total. The zero-order valence-corrected chi connectivity index (χ0v) is 15.2. The maximum atomic E-state index is 12.2. The Balaban J connectivity index is 2.26. The van der Waals surface area contributed by atoms with Crippen LogP contribution < -0.4 is 4.48 Å².